The quantitative estimate of drug-likeness (QED) is 0.486. The number of hydrogen-bond acceptors (Lipinski definition) is 2. The first-order chi connectivity index (χ1) is 11.5. The van der Waals surface area contributed by atoms with Crippen molar-refractivity contribution in [3.63, 3.8) is 0 Å². The molecule has 130 valence electrons. The minimum absolute atomic E-state index is 0.0277. The number of nitrogens with one attached hydrogen (secondary N) is 2. The zero-order valence-corrected chi connectivity index (χ0v) is 14.8. The van der Waals surface area contributed by atoms with Crippen molar-refractivity contribution in [2.75, 3.05) is 13.6 Å². The van der Waals surface area contributed by atoms with E-state index in [9.17, 15) is 4.39 Å². The summed E-state index contributed by atoms with van der Waals surface area (Å²) in [5, 5.41) is 10.8. The van der Waals surface area contributed by atoms with Gasteiger partial charge in [-0.3, -0.25) is 9.67 Å². The molecule has 0 amide bonds. The number of aromatic nitrogens is 2. The lowest BCUT2D eigenvalue weighted by Gasteiger charge is -2.18. The Kier molecular flexibility index (Phi) is 6.35. The van der Waals surface area contributed by atoms with Crippen molar-refractivity contribution < 1.29 is 4.39 Å². The lowest BCUT2D eigenvalue weighted by Crippen LogP contribution is -2.39. The average Bonchev–Trinajstić information content (AvgIpc) is 2.98. The molecule has 5 nitrogen and oxygen atoms in total. The van der Waals surface area contributed by atoms with E-state index in [4.69, 9.17) is 0 Å². The molecule has 0 saturated heterocycles. The Morgan fingerprint density at radius 3 is 2.79 bits per heavy atom. The molecule has 0 bridgehead atoms. The minimum Gasteiger partial charge on any atom is -0.356 e. The molecule has 1 atom stereocenters. The van der Waals surface area contributed by atoms with Crippen molar-refractivity contribution in [2.45, 2.75) is 39.8 Å². The molecule has 0 spiro atoms. The largest absolute Gasteiger partial charge is 0.356 e. The summed E-state index contributed by atoms with van der Waals surface area (Å²) in [5.74, 6) is 0.527. The molecular weight excluding hydrogens is 305 g/mol. The van der Waals surface area contributed by atoms with Crippen molar-refractivity contribution in [2.24, 2.45) is 4.99 Å². The number of hydrogen-bond donors (Lipinski definition) is 2. The Morgan fingerprint density at radius 2 is 2.17 bits per heavy atom. The van der Waals surface area contributed by atoms with E-state index in [1.54, 1.807) is 26.1 Å². The Balaban J connectivity index is 1.79. The van der Waals surface area contributed by atoms with Gasteiger partial charge in [-0.1, -0.05) is 12.1 Å². The zero-order chi connectivity index (χ0) is 17.5. The molecular formula is C18H26FN5. The normalized spacial score (nSPS) is 13.0. The van der Waals surface area contributed by atoms with Crippen LogP contribution >= 0.6 is 0 Å². The van der Waals surface area contributed by atoms with Crippen molar-refractivity contribution in [1.29, 1.82) is 0 Å². The van der Waals surface area contributed by atoms with Gasteiger partial charge >= 0.3 is 0 Å². The molecule has 0 saturated carbocycles. The Bertz CT molecular complexity index is 692. The predicted molar refractivity (Wildman–Crippen MR) is 95.6 cm³/mol. The third-order valence-corrected chi connectivity index (χ3v) is 3.89. The van der Waals surface area contributed by atoms with Gasteiger partial charge in [0.05, 0.1) is 12.2 Å². The first-order valence-corrected chi connectivity index (χ1v) is 8.22. The van der Waals surface area contributed by atoms with Gasteiger partial charge in [-0.2, -0.15) is 5.10 Å². The minimum atomic E-state index is -0.182. The first kappa shape index (κ1) is 18.0. The lowest BCUT2D eigenvalue weighted by atomic mass is 10.1. The molecule has 1 aromatic carbocycles. The van der Waals surface area contributed by atoms with Crippen LogP contribution < -0.4 is 10.6 Å². The molecule has 2 aromatic rings. The fourth-order valence-electron chi connectivity index (χ4n) is 2.40. The number of benzene rings is 1. The summed E-state index contributed by atoms with van der Waals surface area (Å²) >= 11 is 0. The monoisotopic (exact) mass is 331 g/mol. The third kappa shape index (κ3) is 5.08. The van der Waals surface area contributed by atoms with Gasteiger partial charge in [0, 0.05) is 26.3 Å². The summed E-state index contributed by atoms with van der Waals surface area (Å²) in [7, 11) is 1.73. The van der Waals surface area contributed by atoms with Gasteiger partial charge in [0.2, 0.25) is 0 Å². The highest BCUT2D eigenvalue weighted by atomic mass is 19.1. The van der Waals surface area contributed by atoms with E-state index >= 15 is 0 Å². The molecule has 0 aliphatic heterocycles. The molecule has 0 aliphatic rings. The standard InChI is InChI=1S/C18H26FN5/c1-13-11-22-24(12-13)9-5-8-21-18(20-4)23-15(3)16-7-6-14(2)17(19)10-16/h6-7,10-12,15H,5,8-9H2,1-4H3,(H2,20,21,23). The van der Waals surface area contributed by atoms with Gasteiger partial charge in [0.25, 0.3) is 0 Å². The first-order valence-electron chi connectivity index (χ1n) is 8.22. The molecule has 0 aliphatic carbocycles. The van der Waals surface area contributed by atoms with Crippen LogP contribution in [0.15, 0.2) is 35.6 Å². The van der Waals surface area contributed by atoms with Crippen LogP contribution in [0.4, 0.5) is 4.39 Å². The maximum Gasteiger partial charge on any atom is 0.191 e. The van der Waals surface area contributed by atoms with Crippen LogP contribution in [-0.2, 0) is 6.54 Å². The smallest absolute Gasteiger partial charge is 0.191 e. The van der Waals surface area contributed by atoms with E-state index in [1.165, 1.54) is 5.56 Å². The van der Waals surface area contributed by atoms with Crippen LogP contribution in [0.25, 0.3) is 0 Å². The number of halogens is 1. The second kappa shape index (κ2) is 8.47. The molecule has 6 heteroatoms. The number of aliphatic imine (C=N–C) groups is 1. The van der Waals surface area contributed by atoms with E-state index in [2.05, 4.69) is 20.7 Å². The summed E-state index contributed by atoms with van der Waals surface area (Å²) in [6.45, 7) is 7.43. The summed E-state index contributed by atoms with van der Waals surface area (Å²) in [6.07, 6.45) is 4.83. The maximum atomic E-state index is 13.7. The number of guanidine groups is 1. The highest BCUT2D eigenvalue weighted by molar-refractivity contribution is 5.80. The number of aryl methyl sites for hydroxylation is 3. The summed E-state index contributed by atoms with van der Waals surface area (Å²) in [6, 6.07) is 5.27. The van der Waals surface area contributed by atoms with Gasteiger partial charge in [-0.25, -0.2) is 4.39 Å². The molecule has 2 rings (SSSR count). The molecule has 0 fully saturated rings. The summed E-state index contributed by atoms with van der Waals surface area (Å²) in [4.78, 5) is 4.22. The Morgan fingerprint density at radius 1 is 1.38 bits per heavy atom. The lowest BCUT2D eigenvalue weighted by molar-refractivity contribution is 0.566. The SMILES string of the molecule is CN=C(NCCCn1cc(C)cn1)NC(C)c1ccc(C)c(F)c1. The van der Waals surface area contributed by atoms with Crippen LogP contribution in [0, 0.1) is 19.7 Å². The molecule has 0 radical (unpaired) electrons. The van der Waals surface area contributed by atoms with Crippen LogP contribution in [0.2, 0.25) is 0 Å². The van der Waals surface area contributed by atoms with Gasteiger partial charge in [-0.05, 0) is 49.9 Å². The molecule has 1 unspecified atom stereocenters. The van der Waals surface area contributed by atoms with Crippen LogP contribution in [-0.4, -0.2) is 29.3 Å². The van der Waals surface area contributed by atoms with Crippen molar-refractivity contribution in [1.82, 2.24) is 20.4 Å². The second-order valence-electron chi connectivity index (χ2n) is 6.01. The van der Waals surface area contributed by atoms with E-state index in [-0.39, 0.29) is 11.9 Å². The maximum absolute atomic E-state index is 13.7. The van der Waals surface area contributed by atoms with Crippen LogP contribution in [0.3, 0.4) is 0 Å². The fraction of sp³-hybridized carbons (Fsp3) is 0.444. The van der Waals surface area contributed by atoms with Crippen LogP contribution in [0.1, 0.15) is 36.1 Å². The average molecular weight is 331 g/mol. The Hall–Kier alpha value is -2.37. The van der Waals surface area contributed by atoms with Crippen molar-refractivity contribution >= 4 is 5.96 Å². The van der Waals surface area contributed by atoms with E-state index in [1.807, 2.05) is 37.0 Å². The molecule has 1 heterocycles. The number of rotatable bonds is 6. The van der Waals surface area contributed by atoms with Crippen molar-refractivity contribution in [3.8, 4) is 0 Å². The van der Waals surface area contributed by atoms with Gasteiger partial charge in [-0.15, -0.1) is 0 Å². The topological polar surface area (TPSA) is 54.2 Å². The molecule has 1 aromatic heterocycles. The summed E-state index contributed by atoms with van der Waals surface area (Å²) in [5.41, 5.74) is 2.72. The second-order valence-corrected chi connectivity index (χ2v) is 6.01. The zero-order valence-electron chi connectivity index (χ0n) is 14.8. The fourth-order valence-corrected chi connectivity index (χ4v) is 2.40. The van der Waals surface area contributed by atoms with Crippen molar-refractivity contribution in [3.05, 3.63) is 53.1 Å². The van der Waals surface area contributed by atoms with Gasteiger partial charge < -0.3 is 10.6 Å². The highest BCUT2D eigenvalue weighted by Gasteiger charge is 2.09. The van der Waals surface area contributed by atoms with Gasteiger partial charge in [0.15, 0.2) is 5.96 Å². The highest BCUT2D eigenvalue weighted by Crippen LogP contribution is 2.16. The van der Waals surface area contributed by atoms with Gasteiger partial charge in [0.1, 0.15) is 5.82 Å². The van der Waals surface area contributed by atoms with Crippen LogP contribution in [0.5, 0.6) is 0 Å². The molecule has 2 N–H and O–H groups in total. The third-order valence-electron chi connectivity index (χ3n) is 3.89. The van der Waals surface area contributed by atoms with E-state index in [0.717, 1.165) is 25.1 Å². The van der Waals surface area contributed by atoms with E-state index < -0.39 is 0 Å². The number of nitrogens with zero attached hydrogens (tertiary/aromatic N) is 3. The summed E-state index contributed by atoms with van der Waals surface area (Å²) < 4.78 is 15.6. The molecule has 24 heavy (non-hydrogen) atoms. The Labute approximate surface area is 143 Å². The van der Waals surface area contributed by atoms with E-state index in [0.29, 0.717) is 11.5 Å². The predicted octanol–water partition coefficient (Wildman–Crippen LogP) is 2.96.